The van der Waals surface area contributed by atoms with Gasteiger partial charge in [0.1, 0.15) is 17.2 Å². The molecule has 17 heavy (non-hydrogen) atoms. The second-order valence-electron chi connectivity index (χ2n) is 4.43. The lowest BCUT2D eigenvalue weighted by Gasteiger charge is -2.12. The van der Waals surface area contributed by atoms with Crippen LogP contribution in [0, 0.1) is 0 Å². The van der Waals surface area contributed by atoms with Crippen LogP contribution in [0.15, 0.2) is 35.6 Å². The van der Waals surface area contributed by atoms with Gasteiger partial charge in [-0.3, -0.25) is 4.79 Å². The van der Waals surface area contributed by atoms with E-state index in [1.807, 2.05) is 0 Å². The Balaban J connectivity index is 2.96. The number of hydrogen-bond acceptors (Lipinski definition) is 2. The van der Waals surface area contributed by atoms with Crippen molar-refractivity contribution in [2.45, 2.75) is 32.2 Å². The number of hydrogen-bond donors (Lipinski definition) is 2. The fourth-order valence-electron chi connectivity index (χ4n) is 1.27. The Hall–Kier alpha value is -1.65. The van der Waals surface area contributed by atoms with Crippen molar-refractivity contribution in [3.63, 3.8) is 0 Å². The third-order valence-electron chi connectivity index (χ3n) is 2.49. The summed E-state index contributed by atoms with van der Waals surface area (Å²) in [5.74, 6) is -3.51. The van der Waals surface area contributed by atoms with Crippen LogP contribution < -0.4 is 5.32 Å². The molecule has 1 rings (SSSR count). The van der Waals surface area contributed by atoms with Crippen molar-refractivity contribution in [1.29, 1.82) is 0 Å². The largest absolute Gasteiger partial charge is 0.513 e. The van der Waals surface area contributed by atoms with Gasteiger partial charge in [-0.15, -0.1) is 0 Å². The molecular weight excluding hydrogens is 228 g/mol. The molecule has 0 atom stereocenters. The van der Waals surface area contributed by atoms with Crippen molar-refractivity contribution < 1.29 is 18.7 Å². The van der Waals surface area contributed by atoms with Gasteiger partial charge in [0.25, 0.3) is 5.91 Å². The van der Waals surface area contributed by atoms with Crippen molar-refractivity contribution in [2.75, 3.05) is 0 Å². The van der Waals surface area contributed by atoms with E-state index in [-0.39, 0.29) is 11.3 Å². The highest BCUT2D eigenvalue weighted by atomic mass is 19.1. The maximum atomic E-state index is 13.5. The number of halogens is 2. The Morgan fingerprint density at radius 2 is 2.00 bits per heavy atom. The predicted octanol–water partition coefficient (Wildman–Crippen LogP) is 2.82. The molecule has 1 aliphatic carbocycles. The first-order valence-electron chi connectivity index (χ1n) is 5.19. The summed E-state index contributed by atoms with van der Waals surface area (Å²) in [5, 5.41) is 11.4. The summed E-state index contributed by atoms with van der Waals surface area (Å²) in [6.07, 6.45) is 2.23. The molecule has 0 heterocycles. The number of carbonyl (C=O) groups excluding carboxylic acids is 1. The zero-order valence-electron chi connectivity index (χ0n) is 9.81. The number of carbonyl (C=O) groups is 1. The van der Waals surface area contributed by atoms with E-state index >= 15 is 0 Å². The number of rotatable bonds is 4. The normalized spacial score (nSPS) is 19.4. The zero-order valence-corrected chi connectivity index (χ0v) is 9.81. The van der Waals surface area contributed by atoms with Gasteiger partial charge in [0.2, 0.25) is 0 Å². The molecule has 0 radical (unpaired) electrons. The van der Waals surface area contributed by atoms with E-state index in [0.717, 1.165) is 12.8 Å². The van der Waals surface area contributed by atoms with Crippen LogP contribution in [-0.2, 0) is 4.79 Å². The quantitative estimate of drug-likeness (QED) is 0.453. The Bertz CT molecular complexity index is 416. The van der Waals surface area contributed by atoms with Gasteiger partial charge >= 0.3 is 0 Å². The molecule has 1 saturated carbocycles. The molecule has 0 aromatic carbocycles. The first kappa shape index (κ1) is 13.4. The molecule has 0 saturated heterocycles. The molecule has 0 spiro atoms. The number of nitrogens with one attached hydrogen (secondary N) is 1. The van der Waals surface area contributed by atoms with E-state index < -0.39 is 23.1 Å². The van der Waals surface area contributed by atoms with Crippen molar-refractivity contribution in [2.24, 2.45) is 0 Å². The second-order valence-corrected chi connectivity index (χ2v) is 4.43. The number of amides is 1. The molecule has 1 amide bonds. The lowest BCUT2D eigenvalue weighted by Crippen LogP contribution is -2.35. The van der Waals surface area contributed by atoms with Crippen molar-refractivity contribution >= 4 is 5.91 Å². The van der Waals surface area contributed by atoms with Gasteiger partial charge in [0.15, 0.2) is 0 Å². The van der Waals surface area contributed by atoms with Crippen molar-refractivity contribution in [3.05, 3.63) is 35.6 Å². The van der Waals surface area contributed by atoms with Crippen LogP contribution in [-0.4, -0.2) is 16.6 Å². The zero-order chi connectivity index (χ0) is 13.2. The summed E-state index contributed by atoms with van der Waals surface area (Å²) >= 11 is 0. The summed E-state index contributed by atoms with van der Waals surface area (Å²) in [5.41, 5.74) is -1.15. The van der Waals surface area contributed by atoms with Crippen molar-refractivity contribution in [1.82, 2.24) is 5.32 Å². The van der Waals surface area contributed by atoms with Crippen LogP contribution in [0.1, 0.15) is 26.7 Å². The minimum absolute atomic E-state index is 0.355. The minimum atomic E-state index is -1.17. The predicted molar refractivity (Wildman–Crippen MR) is 60.5 cm³/mol. The average molecular weight is 243 g/mol. The van der Waals surface area contributed by atoms with Gasteiger partial charge in [0.05, 0.1) is 5.76 Å². The van der Waals surface area contributed by atoms with Crippen LogP contribution in [0.5, 0.6) is 0 Å². The summed E-state index contributed by atoms with van der Waals surface area (Å²) in [7, 11) is 0. The molecule has 0 aliphatic heterocycles. The second kappa shape index (κ2) is 4.69. The van der Waals surface area contributed by atoms with Gasteiger partial charge in [-0.25, -0.2) is 8.78 Å². The number of aliphatic hydroxyl groups is 1. The van der Waals surface area contributed by atoms with Gasteiger partial charge in [-0.2, -0.15) is 0 Å². The van der Waals surface area contributed by atoms with E-state index in [1.54, 1.807) is 6.92 Å². The molecule has 0 aromatic heterocycles. The van der Waals surface area contributed by atoms with E-state index in [9.17, 15) is 13.6 Å². The van der Waals surface area contributed by atoms with E-state index in [4.69, 9.17) is 5.11 Å². The summed E-state index contributed by atoms with van der Waals surface area (Å²) < 4.78 is 26.5. The van der Waals surface area contributed by atoms with E-state index in [0.29, 0.717) is 6.08 Å². The Kier molecular flexibility index (Phi) is 3.70. The smallest absolute Gasteiger partial charge is 0.257 e. The molecular formula is C12H15F2NO2. The molecule has 1 aliphatic rings. The molecule has 1 fully saturated rings. The van der Waals surface area contributed by atoms with Gasteiger partial charge < -0.3 is 10.4 Å². The minimum Gasteiger partial charge on any atom is -0.513 e. The Labute approximate surface area is 98.5 Å². The van der Waals surface area contributed by atoms with E-state index in [1.165, 1.54) is 6.92 Å². The maximum absolute atomic E-state index is 13.5. The third kappa shape index (κ3) is 3.69. The number of aliphatic hydroxyl groups excluding tert-OH is 1. The molecule has 2 N–H and O–H groups in total. The number of allylic oxidation sites excluding steroid dienone is 3. The lowest BCUT2D eigenvalue weighted by molar-refractivity contribution is -0.118. The summed E-state index contributed by atoms with van der Waals surface area (Å²) in [6, 6.07) is 0. The maximum Gasteiger partial charge on any atom is 0.257 e. The highest BCUT2D eigenvalue weighted by Crippen LogP contribution is 2.35. The summed E-state index contributed by atoms with van der Waals surface area (Å²) in [6.45, 7) is 5.93. The fraction of sp³-hybridized carbons (Fsp3) is 0.417. The first-order chi connectivity index (χ1) is 7.75. The van der Waals surface area contributed by atoms with Crippen LogP contribution in [0.2, 0.25) is 0 Å². The first-order valence-corrected chi connectivity index (χ1v) is 5.19. The molecule has 3 nitrogen and oxygen atoms in total. The highest BCUT2D eigenvalue weighted by molar-refractivity contribution is 5.98. The lowest BCUT2D eigenvalue weighted by atomic mass is 10.1. The topological polar surface area (TPSA) is 49.3 Å². The van der Waals surface area contributed by atoms with Gasteiger partial charge in [-0.05, 0) is 26.7 Å². The van der Waals surface area contributed by atoms with Crippen LogP contribution in [0.25, 0.3) is 0 Å². The molecule has 0 bridgehead atoms. The standard InChI is InChI=1S/C12H15F2NO2/c1-7(16)6-9(14)10(8(2)13)11(17)15-12(3)4-5-12/h6,16H,2,4-5H2,1,3H3,(H,15,17)/b7-6+,10-9-. The Morgan fingerprint density at radius 3 is 2.35 bits per heavy atom. The SMILES string of the molecule is C=C(F)/C(C(=O)NC1(C)CC1)=C(F)\C=C(/C)O. The van der Waals surface area contributed by atoms with E-state index in [2.05, 4.69) is 11.9 Å². The molecule has 0 unspecified atom stereocenters. The summed E-state index contributed by atoms with van der Waals surface area (Å²) in [4.78, 5) is 11.6. The van der Waals surface area contributed by atoms with Crippen LogP contribution in [0.3, 0.4) is 0 Å². The van der Waals surface area contributed by atoms with Crippen LogP contribution in [0.4, 0.5) is 8.78 Å². The monoisotopic (exact) mass is 243 g/mol. The van der Waals surface area contributed by atoms with Crippen molar-refractivity contribution in [3.8, 4) is 0 Å². The molecule has 94 valence electrons. The van der Waals surface area contributed by atoms with Crippen LogP contribution >= 0.6 is 0 Å². The molecule has 0 aromatic rings. The third-order valence-corrected chi connectivity index (χ3v) is 2.49. The fourth-order valence-corrected chi connectivity index (χ4v) is 1.27. The highest BCUT2D eigenvalue weighted by Gasteiger charge is 2.39. The van der Waals surface area contributed by atoms with Gasteiger partial charge in [0, 0.05) is 11.6 Å². The molecule has 5 heteroatoms. The average Bonchev–Trinajstić information content (AvgIpc) is 2.80. The Morgan fingerprint density at radius 1 is 1.47 bits per heavy atom. The van der Waals surface area contributed by atoms with Gasteiger partial charge in [-0.1, -0.05) is 6.58 Å².